The molecule has 0 radical (unpaired) electrons. The third-order valence-electron chi connectivity index (χ3n) is 2.27. The van der Waals surface area contributed by atoms with Gasteiger partial charge in [-0.2, -0.15) is 13.2 Å². The van der Waals surface area contributed by atoms with Crippen LogP contribution in [0.15, 0.2) is 6.20 Å². The minimum absolute atomic E-state index is 0.0558. The fourth-order valence-electron chi connectivity index (χ4n) is 1.46. The summed E-state index contributed by atoms with van der Waals surface area (Å²) in [5, 5.41) is -0.824. The molecule has 0 aliphatic carbocycles. The lowest BCUT2D eigenvalue weighted by atomic mass is 10.1. The van der Waals surface area contributed by atoms with Crippen LogP contribution < -0.4 is 0 Å². The Morgan fingerprint density at radius 3 is 2.50 bits per heavy atom. The number of halogens is 6. The van der Waals surface area contributed by atoms with Gasteiger partial charge in [0.2, 0.25) is 0 Å². The van der Waals surface area contributed by atoms with Crippen LogP contribution in [0.5, 0.6) is 0 Å². The van der Waals surface area contributed by atoms with Gasteiger partial charge in [-0.1, -0.05) is 11.6 Å². The van der Waals surface area contributed by atoms with Gasteiger partial charge in [0.15, 0.2) is 0 Å². The van der Waals surface area contributed by atoms with Crippen molar-refractivity contribution in [1.82, 2.24) is 4.98 Å². The summed E-state index contributed by atoms with van der Waals surface area (Å²) in [6.45, 7) is 1.40. The lowest BCUT2D eigenvalue weighted by Crippen LogP contribution is -2.17. The van der Waals surface area contributed by atoms with E-state index in [1.165, 1.54) is 6.92 Å². The standard InChI is InChI=1S/C11H9ClF5NO2/c1-2-20-7(19)3-5-8(12)6(10(13)14)4-18-9(5)11(15,16)17/h4,10H,2-3H2,1H3. The first-order valence-electron chi connectivity index (χ1n) is 5.36. The van der Waals surface area contributed by atoms with E-state index in [2.05, 4.69) is 9.72 Å². The highest BCUT2D eigenvalue weighted by Crippen LogP contribution is 2.37. The molecule has 0 aliphatic rings. The smallest absolute Gasteiger partial charge is 0.433 e. The molecule has 1 rings (SSSR count). The van der Waals surface area contributed by atoms with Crippen molar-refractivity contribution in [3.8, 4) is 0 Å². The van der Waals surface area contributed by atoms with E-state index < -0.39 is 46.8 Å². The molecule has 1 aromatic heterocycles. The predicted molar refractivity (Wildman–Crippen MR) is 59.5 cm³/mol. The molecular formula is C11H9ClF5NO2. The Bertz CT molecular complexity index is 504. The summed E-state index contributed by atoms with van der Waals surface area (Å²) in [5.74, 6) is -1.01. The second kappa shape index (κ2) is 6.34. The average Bonchev–Trinajstić information content (AvgIpc) is 2.29. The van der Waals surface area contributed by atoms with Crippen LogP contribution in [0.3, 0.4) is 0 Å². The number of pyridine rings is 1. The fourth-order valence-corrected chi connectivity index (χ4v) is 1.75. The lowest BCUT2D eigenvalue weighted by Gasteiger charge is -2.15. The second-order valence-corrected chi connectivity index (χ2v) is 4.01. The molecule has 1 heterocycles. The Hall–Kier alpha value is -1.44. The summed E-state index contributed by atoms with van der Waals surface area (Å²) >= 11 is 5.53. The summed E-state index contributed by atoms with van der Waals surface area (Å²) in [5.41, 5.74) is -3.14. The topological polar surface area (TPSA) is 39.2 Å². The number of hydrogen-bond acceptors (Lipinski definition) is 3. The molecule has 0 fully saturated rings. The number of aromatic nitrogens is 1. The largest absolute Gasteiger partial charge is 0.466 e. The van der Waals surface area contributed by atoms with Crippen molar-refractivity contribution in [1.29, 1.82) is 0 Å². The summed E-state index contributed by atoms with van der Waals surface area (Å²) in [4.78, 5) is 14.2. The van der Waals surface area contributed by atoms with E-state index in [0.717, 1.165) is 0 Å². The molecule has 0 atom stereocenters. The van der Waals surface area contributed by atoms with Crippen LogP contribution in [-0.4, -0.2) is 17.6 Å². The minimum atomic E-state index is -4.91. The molecule has 0 saturated heterocycles. The monoisotopic (exact) mass is 317 g/mol. The average molecular weight is 318 g/mol. The van der Waals surface area contributed by atoms with Crippen LogP contribution in [0.1, 0.15) is 30.2 Å². The second-order valence-electron chi connectivity index (χ2n) is 3.63. The summed E-state index contributed by atoms with van der Waals surface area (Å²) in [6, 6.07) is 0. The van der Waals surface area contributed by atoms with E-state index in [1.807, 2.05) is 0 Å². The van der Waals surface area contributed by atoms with Gasteiger partial charge < -0.3 is 4.74 Å². The van der Waals surface area contributed by atoms with Gasteiger partial charge in [-0.3, -0.25) is 9.78 Å². The molecule has 0 saturated carbocycles. The Kier molecular flexibility index (Phi) is 5.27. The van der Waals surface area contributed by atoms with Crippen molar-refractivity contribution in [3.63, 3.8) is 0 Å². The predicted octanol–water partition coefficient (Wildman–Crippen LogP) is 3.80. The highest BCUT2D eigenvalue weighted by atomic mass is 35.5. The third-order valence-corrected chi connectivity index (χ3v) is 2.71. The van der Waals surface area contributed by atoms with Gasteiger partial charge in [0.1, 0.15) is 5.69 Å². The molecule has 0 bridgehead atoms. The van der Waals surface area contributed by atoms with E-state index >= 15 is 0 Å². The highest BCUT2D eigenvalue weighted by Gasteiger charge is 2.38. The summed E-state index contributed by atoms with van der Waals surface area (Å²) in [7, 11) is 0. The van der Waals surface area contributed by atoms with Gasteiger partial charge in [-0.25, -0.2) is 8.78 Å². The van der Waals surface area contributed by atoms with Crippen molar-refractivity contribution in [2.24, 2.45) is 0 Å². The van der Waals surface area contributed by atoms with E-state index in [9.17, 15) is 26.7 Å². The number of rotatable bonds is 4. The molecule has 0 amide bonds. The highest BCUT2D eigenvalue weighted by molar-refractivity contribution is 6.32. The zero-order valence-corrected chi connectivity index (χ0v) is 10.9. The first-order valence-corrected chi connectivity index (χ1v) is 5.74. The number of carbonyl (C=O) groups excluding carboxylic acids is 1. The first-order chi connectivity index (χ1) is 9.18. The van der Waals surface area contributed by atoms with Crippen molar-refractivity contribution in [2.45, 2.75) is 25.9 Å². The Labute approximate surface area is 115 Å². The molecule has 20 heavy (non-hydrogen) atoms. The molecule has 0 N–H and O–H groups in total. The van der Waals surface area contributed by atoms with Gasteiger partial charge in [-0.05, 0) is 6.92 Å². The Morgan fingerprint density at radius 1 is 1.45 bits per heavy atom. The zero-order valence-electron chi connectivity index (χ0n) is 10.1. The maximum absolute atomic E-state index is 12.7. The van der Waals surface area contributed by atoms with E-state index in [4.69, 9.17) is 11.6 Å². The number of alkyl halides is 5. The molecule has 9 heteroatoms. The number of esters is 1. The number of nitrogens with zero attached hydrogens (tertiary/aromatic N) is 1. The van der Waals surface area contributed by atoms with Gasteiger partial charge in [0, 0.05) is 11.8 Å². The normalized spacial score (nSPS) is 11.8. The quantitative estimate of drug-likeness (QED) is 0.626. The third kappa shape index (κ3) is 3.78. The maximum atomic E-state index is 12.7. The Balaban J connectivity index is 3.34. The molecular weight excluding hydrogens is 309 g/mol. The van der Waals surface area contributed by atoms with Crippen molar-refractivity contribution >= 4 is 17.6 Å². The van der Waals surface area contributed by atoms with Crippen LogP contribution in [0, 0.1) is 0 Å². The van der Waals surface area contributed by atoms with Crippen LogP contribution in [-0.2, 0) is 22.1 Å². The number of carbonyl (C=O) groups is 1. The van der Waals surface area contributed by atoms with Gasteiger partial charge >= 0.3 is 12.1 Å². The number of hydrogen-bond donors (Lipinski definition) is 0. The molecule has 3 nitrogen and oxygen atoms in total. The molecule has 0 spiro atoms. The van der Waals surface area contributed by atoms with Crippen LogP contribution in [0.2, 0.25) is 5.02 Å². The fraction of sp³-hybridized carbons (Fsp3) is 0.455. The zero-order chi connectivity index (χ0) is 15.5. The minimum Gasteiger partial charge on any atom is -0.466 e. The molecule has 112 valence electrons. The van der Waals surface area contributed by atoms with Crippen molar-refractivity contribution in [3.05, 3.63) is 28.0 Å². The van der Waals surface area contributed by atoms with Crippen molar-refractivity contribution in [2.75, 3.05) is 6.61 Å². The number of ether oxygens (including phenoxy) is 1. The maximum Gasteiger partial charge on any atom is 0.433 e. The van der Waals surface area contributed by atoms with Gasteiger partial charge in [0.05, 0.1) is 23.6 Å². The van der Waals surface area contributed by atoms with Gasteiger partial charge in [0.25, 0.3) is 6.43 Å². The molecule has 0 aliphatic heterocycles. The van der Waals surface area contributed by atoms with E-state index in [-0.39, 0.29) is 6.61 Å². The van der Waals surface area contributed by atoms with Crippen molar-refractivity contribution < 1.29 is 31.5 Å². The molecule has 1 aromatic rings. The molecule has 0 unspecified atom stereocenters. The van der Waals surface area contributed by atoms with Crippen LogP contribution in [0.25, 0.3) is 0 Å². The summed E-state index contributed by atoms with van der Waals surface area (Å²) in [6.07, 6.45) is -8.54. The Morgan fingerprint density at radius 2 is 2.05 bits per heavy atom. The van der Waals surface area contributed by atoms with E-state index in [1.54, 1.807) is 0 Å². The van der Waals surface area contributed by atoms with Gasteiger partial charge in [-0.15, -0.1) is 0 Å². The molecule has 0 aromatic carbocycles. The lowest BCUT2D eigenvalue weighted by molar-refractivity contribution is -0.144. The SMILES string of the molecule is CCOC(=O)Cc1c(C(F)(F)F)ncc(C(F)F)c1Cl. The van der Waals surface area contributed by atoms with E-state index in [0.29, 0.717) is 6.20 Å². The first kappa shape index (κ1) is 16.6. The van der Waals surface area contributed by atoms with Crippen LogP contribution >= 0.6 is 11.6 Å². The van der Waals surface area contributed by atoms with Crippen LogP contribution in [0.4, 0.5) is 22.0 Å². The summed E-state index contributed by atoms with van der Waals surface area (Å²) < 4.78 is 67.9.